The lowest BCUT2D eigenvalue weighted by atomic mass is 9.97. The maximum absolute atomic E-state index is 12.1. The van der Waals surface area contributed by atoms with Gasteiger partial charge in [-0.15, -0.1) is 0 Å². The second-order valence-corrected chi connectivity index (χ2v) is 5.73. The molecule has 1 aliphatic rings. The first-order chi connectivity index (χ1) is 9.51. The normalized spacial score (nSPS) is 21.9. The Hall–Kier alpha value is -0.650. The first-order valence-corrected chi connectivity index (χ1v) is 7.74. The molecule has 0 aromatic carbocycles. The summed E-state index contributed by atoms with van der Waals surface area (Å²) < 4.78 is 10.8. The minimum absolute atomic E-state index is 0.160. The van der Waals surface area contributed by atoms with Crippen LogP contribution < -0.4 is 5.32 Å². The van der Waals surface area contributed by atoms with Gasteiger partial charge in [-0.05, 0) is 46.7 Å². The molecule has 0 amide bonds. The standard InChI is InChI=1S/C15H30N2O3/c1-5-16-15(3,14(18)19-6-2)9-10-17(4)12-13-8-7-11-20-13/h13,16H,5-12H2,1-4H3. The first-order valence-electron chi connectivity index (χ1n) is 7.74. The Morgan fingerprint density at radius 1 is 1.50 bits per heavy atom. The van der Waals surface area contributed by atoms with E-state index in [0.29, 0.717) is 12.7 Å². The molecule has 118 valence electrons. The molecule has 0 radical (unpaired) electrons. The molecular formula is C15H30N2O3. The molecule has 0 spiro atoms. The second kappa shape index (κ2) is 8.60. The van der Waals surface area contributed by atoms with Crippen molar-refractivity contribution in [3.05, 3.63) is 0 Å². The molecule has 1 heterocycles. The number of hydrogen-bond donors (Lipinski definition) is 1. The lowest BCUT2D eigenvalue weighted by Crippen LogP contribution is -2.52. The van der Waals surface area contributed by atoms with Gasteiger partial charge in [0.25, 0.3) is 0 Å². The molecule has 1 rings (SSSR count). The van der Waals surface area contributed by atoms with Gasteiger partial charge >= 0.3 is 5.97 Å². The Labute approximate surface area is 123 Å². The van der Waals surface area contributed by atoms with Crippen LogP contribution in [0.5, 0.6) is 0 Å². The third-order valence-corrected chi connectivity index (χ3v) is 3.83. The number of ether oxygens (including phenoxy) is 2. The van der Waals surface area contributed by atoms with Crippen LogP contribution in [0.4, 0.5) is 0 Å². The Balaban J connectivity index is 2.42. The van der Waals surface area contributed by atoms with Gasteiger partial charge in [0.1, 0.15) is 5.54 Å². The quantitative estimate of drug-likeness (QED) is 0.650. The van der Waals surface area contributed by atoms with Gasteiger partial charge in [0.05, 0.1) is 12.7 Å². The number of nitrogens with one attached hydrogen (secondary N) is 1. The van der Waals surface area contributed by atoms with Crippen molar-refractivity contribution >= 4 is 5.97 Å². The Bertz CT molecular complexity index is 293. The fourth-order valence-electron chi connectivity index (χ4n) is 2.58. The van der Waals surface area contributed by atoms with Crippen molar-refractivity contribution in [1.82, 2.24) is 10.2 Å². The van der Waals surface area contributed by atoms with E-state index in [4.69, 9.17) is 9.47 Å². The summed E-state index contributed by atoms with van der Waals surface area (Å²) in [4.78, 5) is 14.3. The summed E-state index contributed by atoms with van der Waals surface area (Å²) in [5.74, 6) is -0.160. The highest BCUT2D eigenvalue weighted by atomic mass is 16.5. The van der Waals surface area contributed by atoms with Crippen molar-refractivity contribution in [1.29, 1.82) is 0 Å². The van der Waals surface area contributed by atoms with Crippen LogP contribution in [0.1, 0.15) is 40.0 Å². The van der Waals surface area contributed by atoms with E-state index in [1.807, 2.05) is 20.8 Å². The summed E-state index contributed by atoms with van der Waals surface area (Å²) >= 11 is 0. The highest BCUT2D eigenvalue weighted by Gasteiger charge is 2.33. The summed E-state index contributed by atoms with van der Waals surface area (Å²) in [6, 6.07) is 0. The van der Waals surface area contributed by atoms with Crippen LogP contribution >= 0.6 is 0 Å². The van der Waals surface area contributed by atoms with Crippen molar-refractivity contribution in [2.45, 2.75) is 51.7 Å². The van der Waals surface area contributed by atoms with Gasteiger partial charge in [0.15, 0.2) is 0 Å². The number of esters is 1. The van der Waals surface area contributed by atoms with Crippen LogP contribution in [0.2, 0.25) is 0 Å². The van der Waals surface area contributed by atoms with E-state index < -0.39 is 5.54 Å². The van der Waals surface area contributed by atoms with Gasteiger partial charge in [0, 0.05) is 19.7 Å². The average molecular weight is 286 g/mol. The molecule has 20 heavy (non-hydrogen) atoms. The van der Waals surface area contributed by atoms with Gasteiger partial charge in [-0.3, -0.25) is 4.79 Å². The number of carbonyl (C=O) groups excluding carboxylic acids is 1. The Morgan fingerprint density at radius 2 is 2.25 bits per heavy atom. The minimum atomic E-state index is -0.602. The van der Waals surface area contributed by atoms with Gasteiger partial charge in [-0.25, -0.2) is 0 Å². The number of carbonyl (C=O) groups is 1. The van der Waals surface area contributed by atoms with E-state index in [-0.39, 0.29) is 5.97 Å². The monoisotopic (exact) mass is 286 g/mol. The van der Waals surface area contributed by atoms with E-state index in [1.54, 1.807) is 0 Å². The van der Waals surface area contributed by atoms with Crippen molar-refractivity contribution in [3.63, 3.8) is 0 Å². The van der Waals surface area contributed by atoms with E-state index in [0.717, 1.165) is 45.5 Å². The molecule has 1 fully saturated rings. The largest absolute Gasteiger partial charge is 0.465 e. The zero-order valence-corrected chi connectivity index (χ0v) is 13.4. The predicted molar refractivity (Wildman–Crippen MR) is 79.8 cm³/mol. The molecule has 0 aliphatic carbocycles. The van der Waals surface area contributed by atoms with Crippen LogP contribution in [0.15, 0.2) is 0 Å². The molecule has 2 unspecified atom stereocenters. The van der Waals surface area contributed by atoms with Crippen molar-refractivity contribution in [2.75, 3.05) is 39.9 Å². The smallest absolute Gasteiger partial charge is 0.326 e. The lowest BCUT2D eigenvalue weighted by molar-refractivity contribution is -0.151. The summed E-state index contributed by atoms with van der Waals surface area (Å²) in [6.07, 6.45) is 3.40. The van der Waals surface area contributed by atoms with E-state index in [2.05, 4.69) is 17.3 Å². The molecule has 2 atom stereocenters. The number of rotatable bonds is 9. The summed E-state index contributed by atoms with van der Waals surface area (Å²) in [6.45, 7) is 9.62. The molecular weight excluding hydrogens is 256 g/mol. The minimum Gasteiger partial charge on any atom is -0.465 e. The molecule has 0 aromatic heterocycles. The predicted octanol–water partition coefficient (Wildman–Crippen LogP) is 1.42. The van der Waals surface area contributed by atoms with Gasteiger partial charge in [-0.1, -0.05) is 6.92 Å². The second-order valence-electron chi connectivity index (χ2n) is 5.73. The summed E-state index contributed by atoms with van der Waals surface area (Å²) in [5, 5.41) is 3.26. The van der Waals surface area contributed by atoms with Crippen LogP contribution in [0.25, 0.3) is 0 Å². The SMILES string of the molecule is CCNC(C)(CCN(C)CC1CCCO1)C(=O)OCC. The van der Waals surface area contributed by atoms with E-state index >= 15 is 0 Å². The van der Waals surface area contributed by atoms with Crippen LogP contribution in [0.3, 0.4) is 0 Å². The van der Waals surface area contributed by atoms with E-state index in [1.165, 1.54) is 0 Å². The fraction of sp³-hybridized carbons (Fsp3) is 0.933. The molecule has 0 bridgehead atoms. The summed E-state index contributed by atoms with van der Waals surface area (Å²) in [7, 11) is 2.08. The third-order valence-electron chi connectivity index (χ3n) is 3.83. The highest BCUT2D eigenvalue weighted by Crippen LogP contribution is 2.16. The van der Waals surface area contributed by atoms with Crippen molar-refractivity contribution < 1.29 is 14.3 Å². The van der Waals surface area contributed by atoms with Crippen LogP contribution in [-0.2, 0) is 14.3 Å². The van der Waals surface area contributed by atoms with Gasteiger partial charge in [-0.2, -0.15) is 0 Å². The van der Waals surface area contributed by atoms with Crippen molar-refractivity contribution in [3.8, 4) is 0 Å². The molecule has 5 nitrogen and oxygen atoms in total. The number of likely N-dealkylation sites (N-methyl/N-ethyl adjacent to an activating group) is 2. The lowest BCUT2D eigenvalue weighted by Gasteiger charge is -2.30. The highest BCUT2D eigenvalue weighted by molar-refractivity contribution is 5.80. The van der Waals surface area contributed by atoms with Crippen LogP contribution in [-0.4, -0.2) is 62.4 Å². The molecule has 1 aliphatic heterocycles. The first kappa shape index (κ1) is 17.4. The number of nitrogens with zero attached hydrogens (tertiary/aromatic N) is 1. The average Bonchev–Trinajstić information content (AvgIpc) is 2.90. The molecule has 1 N–H and O–H groups in total. The maximum Gasteiger partial charge on any atom is 0.326 e. The van der Waals surface area contributed by atoms with Gasteiger partial charge < -0.3 is 19.7 Å². The van der Waals surface area contributed by atoms with Crippen molar-refractivity contribution in [2.24, 2.45) is 0 Å². The van der Waals surface area contributed by atoms with Crippen LogP contribution in [0, 0.1) is 0 Å². The Morgan fingerprint density at radius 3 is 2.80 bits per heavy atom. The molecule has 1 saturated heterocycles. The molecule has 0 aromatic rings. The molecule has 5 heteroatoms. The van der Waals surface area contributed by atoms with Gasteiger partial charge in [0.2, 0.25) is 0 Å². The zero-order valence-electron chi connectivity index (χ0n) is 13.4. The van der Waals surface area contributed by atoms with E-state index in [9.17, 15) is 4.79 Å². The third kappa shape index (κ3) is 5.38. The topological polar surface area (TPSA) is 50.8 Å². The maximum atomic E-state index is 12.1. The zero-order chi connectivity index (χ0) is 15.0. The Kier molecular flexibility index (Phi) is 7.48. The number of hydrogen-bond acceptors (Lipinski definition) is 5. The summed E-state index contributed by atoms with van der Waals surface area (Å²) in [5.41, 5.74) is -0.602. The molecule has 0 saturated carbocycles. The fourth-order valence-corrected chi connectivity index (χ4v) is 2.58.